The number of alkyl halides is 9. The van der Waals surface area contributed by atoms with Crippen LogP contribution in [0.5, 0.6) is 0 Å². The van der Waals surface area contributed by atoms with Gasteiger partial charge in [0.1, 0.15) is 5.82 Å². The highest BCUT2D eigenvalue weighted by atomic mass is 19.4. The van der Waals surface area contributed by atoms with Crippen LogP contribution in [0.1, 0.15) is 34.4 Å². The van der Waals surface area contributed by atoms with Gasteiger partial charge in [-0.05, 0) is 20.8 Å². The number of hydrogen-bond acceptors (Lipinski definition) is 8. The predicted octanol–water partition coefficient (Wildman–Crippen LogP) is 3.20. The predicted molar refractivity (Wildman–Crippen MR) is 94.7 cm³/mol. The first-order valence-electron chi connectivity index (χ1n) is 8.68. The molecule has 0 saturated carbocycles. The smallest absolute Gasteiger partial charge is 0.263 e. The number of aryl methyl sites for hydroxylation is 3. The van der Waals surface area contributed by atoms with Crippen molar-refractivity contribution >= 4 is 0 Å². The van der Waals surface area contributed by atoms with Crippen molar-refractivity contribution in [2.45, 2.75) is 39.3 Å². The van der Waals surface area contributed by atoms with Gasteiger partial charge in [0, 0.05) is 0 Å². The van der Waals surface area contributed by atoms with Gasteiger partial charge < -0.3 is 0 Å². The van der Waals surface area contributed by atoms with Crippen molar-refractivity contribution in [3.05, 3.63) is 46.8 Å². The van der Waals surface area contributed by atoms with Gasteiger partial charge in [0.25, 0.3) is 5.82 Å². The summed E-state index contributed by atoms with van der Waals surface area (Å²) in [5.74, 6) is -0.961. The Balaban J connectivity index is 0.000000239. The molecule has 4 heterocycles. The van der Waals surface area contributed by atoms with E-state index in [0.29, 0.717) is 0 Å². The van der Waals surface area contributed by atoms with Gasteiger partial charge in [-0.1, -0.05) is 0 Å². The molecular formula is C14H15F9N12. The number of hydrogen-bond donors (Lipinski definition) is 4. The van der Waals surface area contributed by atoms with Crippen LogP contribution in [-0.2, 0) is 18.5 Å². The summed E-state index contributed by atoms with van der Waals surface area (Å²) in [4.78, 5) is 3.09. The lowest BCUT2D eigenvalue weighted by Gasteiger charge is -1.99. The summed E-state index contributed by atoms with van der Waals surface area (Å²) in [5.41, 5.74) is -2.17. The lowest BCUT2D eigenvalue weighted by molar-refractivity contribution is -0.145. The Morgan fingerprint density at radius 2 is 1.00 bits per heavy atom. The fourth-order valence-electron chi connectivity index (χ4n) is 1.74. The van der Waals surface area contributed by atoms with E-state index in [2.05, 4.69) is 51.0 Å². The van der Waals surface area contributed by atoms with Crippen molar-refractivity contribution in [3.63, 3.8) is 0 Å². The van der Waals surface area contributed by atoms with Crippen LogP contribution in [0.15, 0.2) is 12.4 Å². The van der Waals surface area contributed by atoms with E-state index in [0.717, 1.165) is 0 Å². The third-order valence-electron chi connectivity index (χ3n) is 3.16. The molecule has 0 amide bonds. The van der Waals surface area contributed by atoms with Crippen LogP contribution in [-0.4, -0.2) is 61.4 Å². The summed E-state index contributed by atoms with van der Waals surface area (Å²) in [6, 6.07) is 0. The monoisotopic (exact) mass is 522 g/mol. The Hall–Kier alpha value is -4.07. The number of aromatic amines is 4. The third-order valence-corrected chi connectivity index (χ3v) is 3.16. The van der Waals surface area contributed by atoms with Crippen molar-refractivity contribution in [1.29, 1.82) is 0 Å². The molecule has 4 rings (SSSR count). The Labute approximate surface area is 188 Å². The second kappa shape index (κ2) is 11.9. The third kappa shape index (κ3) is 10.2. The summed E-state index contributed by atoms with van der Waals surface area (Å²) in [5, 5.41) is 30.4. The second-order valence-electron chi connectivity index (χ2n) is 5.91. The zero-order chi connectivity index (χ0) is 26.9. The topological polar surface area (TPSA) is 166 Å². The number of nitrogens with zero attached hydrogens (tertiary/aromatic N) is 8. The number of nitrogens with one attached hydrogen (secondary N) is 4. The Morgan fingerprint density at radius 3 is 1.14 bits per heavy atom. The van der Waals surface area contributed by atoms with Gasteiger partial charge in [-0.2, -0.15) is 85.7 Å². The molecule has 0 saturated heterocycles. The molecule has 4 N–H and O–H groups in total. The van der Waals surface area contributed by atoms with Crippen LogP contribution in [0.3, 0.4) is 0 Å². The Morgan fingerprint density at radius 1 is 0.571 bits per heavy atom. The molecule has 4 aromatic rings. The zero-order valence-corrected chi connectivity index (χ0v) is 17.6. The first-order chi connectivity index (χ1) is 16.0. The molecule has 0 aliphatic heterocycles. The largest absolute Gasteiger partial charge is 0.453 e. The quantitative estimate of drug-likeness (QED) is 0.256. The van der Waals surface area contributed by atoms with E-state index in [-0.39, 0.29) is 17.2 Å². The molecule has 35 heavy (non-hydrogen) atoms. The highest BCUT2D eigenvalue weighted by Crippen LogP contribution is 2.29. The SMILES string of the molecule is Cc1n[nH]nc1C(F)(F)F.Cc1n[nH]nc1C(F)(F)F.Cc1nc(C(F)(F)F)n[nH]1.c1cn[nH]n1. The fourth-order valence-corrected chi connectivity index (χ4v) is 1.74. The highest BCUT2D eigenvalue weighted by Gasteiger charge is 2.37. The second-order valence-corrected chi connectivity index (χ2v) is 5.91. The standard InChI is InChI=1S/3C4H4F3N3.C2H3N3/c1-2-8-3(10-9-2)4(5,6)7;2*1-2-3(4(5,6)7)9-10-8-2;1-2-4-5-3-1/h3*1H3,(H,8,9,10);1-2H,(H,3,4,5). The van der Waals surface area contributed by atoms with Crippen LogP contribution < -0.4 is 0 Å². The number of rotatable bonds is 0. The normalized spacial score (nSPS) is 11.4. The molecule has 0 bridgehead atoms. The van der Waals surface area contributed by atoms with Gasteiger partial charge in [0.15, 0.2) is 11.4 Å². The molecule has 0 fully saturated rings. The first-order valence-corrected chi connectivity index (χ1v) is 8.68. The molecule has 0 unspecified atom stereocenters. The molecule has 0 aliphatic rings. The molecule has 12 nitrogen and oxygen atoms in total. The average molecular weight is 522 g/mol. The summed E-state index contributed by atoms with van der Waals surface area (Å²) >= 11 is 0. The molecule has 4 aromatic heterocycles. The van der Waals surface area contributed by atoms with E-state index in [1.54, 1.807) is 12.4 Å². The Bertz CT molecular complexity index is 1040. The van der Waals surface area contributed by atoms with Gasteiger partial charge >= 0.3 is 18.5 Å². The van der Waals surface area contributed by atoms with E-state index in [1.165, 1.54) is 20.8 Å². The zero-order valence-electron chi connectivity index (χ0n) is 17.6. The number of halogens is 9. The van der Waals surface area contributed by atoms with Crippen molar-refractivity contribution in [3.8, 4) is 0 Å². The lowest BCUT2D eigenvalue weighted by Crippen LogP contribution is -2.07. The van der Waals surface area contributed by atoms with Gasteiger partial charge in [0.2, 0.25) is 0 Å². The Kier molecular flexibility index (Phi) is 9.83. The minimum atomic E-state index is -4.44. The van der Waals surface area contributed by atoms with E-state index < -0.39 is 35.7 Å². The summed E-state index contributed by atoms with van der Waals surface area (Å²) in [6.07, 6.45) is -10.1. The van der Waals surface area contributed by atoms with E-state index in [9.17, 15) is 39.5 Å². The van der Waals surface area contributed by atoms with Gasteiger partial charge in [-0.25, -0.2) is 4.98 Å². The molecule has 0 atom stereocenters. The van der Waals surface area contributed by atoms with Crippen LogP contribution >= 0.6 is 0 Å². The maximum Gasteiger partial charge on any atom is 0.453 e. The molecule has 0 aromatic carbocycles. The maximum absolute atomic E-state index is 11.8. The average Bonchev–Trinajstić information content (AvgIpc) is 3.49. The van der Waals surface area contributed by atoms with Crippen LogP contribution in [0, 0.1) is 20.8 Å². The van der Waals surface area contributed by atoms with Crippen LogP contribution in [0.4, 0.5) is 39.5 Å². The van der Waals surface area contributed by atoms with Crippen molar-refractivity contribution < 1.29 is 39.5 Å². The molecule has 21 heteroatoms. The van der Waals surface area contributed by atoms with Gasteiger partial charge in [-0.3, -0.25) is 5.10 Å². The van der Waals surface area contributed by atoms with Crippen molar-refractivity contribution in [1.82, 2.24) is 61.4 Å². The fraction of sp³-hybridized carbons (Fsp3) is 0.429. The molecule has 0 radical (unpaired) electrons. The van der Waals surface area contributed by atoms with Crippen LogP contribution in [0.2, 0.25) is 0 Å². The minimum Gasteiger partial charge on any atom is -0.263 e. The lowest BCUT2D eigenvalue weighted by atomic mass is 10.3. The summed E-state index contributed by atoms with van der Waals surface area (Å²) in [7, 11) is 0. The van der Waals surface area contributed by atoms with Gasteiger partial charge in [0.05, 0.1) is 23.8 Å². The molecule has 194 valence electrons. The van der Waals surface area contributed by atoms with E-state index >= 15 is 0 Å². The minimum absolute atomic E-state index is 0.132. The summed E-state index contributed by atoms with van der Waals surface area (Å²) < 4.78 is 106. The first kappa shape index (κ1) is 29.0. The van der Waals surface area contributed by atoms with Gasteiger partial charge in [-0.15, -0.1) is 5.10 Å². The van der Waals surface area contributed by atoms with E-state index in [1.807, 2.05) is 10.4 Å². The van der Waals surface area contributed by atoms with Crippen molar-refractivity contribution in [2.24, 2.45) is 0 Å². The highest BCUT2D eigenvalue weighted by molar-refractivity contribution is 5.09. The van der Waals surface area contributed by atoms with Crippen molar-refractivity contribution in [2.75, 3.05) is 0 Å². The molecule has 0 spiro atoms. The van der Waals surface area contributed by atoms with E-state index in [4.69, 9.17) is 0 Å². The van der Waals surface area contributed by atoms with Crippen LogP contribution in [0.25, 0.3) is 0 Å². The molecular weight excluding hydrogens is 507 g/mol. The summed E-state index contributed by atoms with van der Waals surface area (Å²) in [6.45, 7) is 3.89. The molecule has 0 aliphatic carbocycles. The maximum atomic E-state index is 11.8. The number of aromatic nitrogens is 12. The number of H-pyrrole nitrogens is 4.